The number of hydrogen-bond donors (Lipinski definition) is 2. The second kappa shape index (κ2) is 5.22. The molecule has 100 valence electrons. The van der Waals surface area contributed by atoms with E-state index in [1.54, 1.807) is 0 Å². The lowest BCUT2D eigenvalue weighted by atomic mass is 9.93. The maximum Gasteiger partial charge on any atom is 0.0628 e. The van der Waals surface area contributed by atoms with E-state index >= 15 is 0 Å². The molecule has 4 heteroatoms. The second-order valence-corrected chi connectivity index (χ2v) is 5.90. The quantitative estimate of drug-likeness (QED) is 0.710. The third-order valence-electron chi connectivity index (χ3n) is 4.69. The summed E-state index contributed by atoms with van der Waals surface area (Å²) in [6.07, 6.45) is 2.54. The molecule has 2 atom stereocenters. The molecule has 4 nitrogen and oxygen atoms in total. The van der Waals surface area contributed by atoms with Crippen molar-refractivity contribution in [2.24, 2.45) is 5.92 Å². The first-order valence-corrected chi connectivity index (χ1v) is 6.83. The van der Waals surface area contributed by atoms with Gasteiger partial charge in [0.2, 0.25) is 0 Å². The summed E-state index contributed by atoms with van der Waals surface area (Å²) in [4.78, 5) is 4.92. The number of rotatable bonds is 5. The smallest absolute Gasteiger partial charge is 0.0628 e. The third kappa shape index (κ3) is 2.81. The first-order valence-electron chi connectivity index (χ1n) is 6.83. The van der Waals surface area contributed by atoms with E-state index in [0.717, 1.165) is 26.2 Å². The predicted octanol–water partition coefficient (Wildman–Crippen LogP) is -0.0172. The fraction of sp³-hybridized carbons (Fsp3) is 1.00. The van der Waals surface area contributed by atoms with Crippen LogP contribution in [0.5, 0.6) is 0 Å². The summed E-state index contributed by atoms with van der Waals surface area (Å²) in [5.41, 5.74) is -0.0599. The molecule has 0 aromatic rings. The summed E-state index contributed by atoms with van der Waals surface area (Å²) in [6.45, 7) is 6.90. The molecular formula is C13H27N3O. The molecule has 2 aliphatic rings. The molecule has 17 heavy (non-hydrogen) atoms. The summed E-state index contributed by atoms with van der Waals surface area (Å²) in [6, 6.07) is 0.621. The number of aliphatic hydroxyl groups excluding tert-OH is 1. The molecule has 1 aliphatic heterocycles. The molecule has 2 rings (SSSR count). The fourth-order valence-corrected chi connectivity index (χ4v) is 2.97. The Hall–Kier alpha value is -0.160. The zero-order valence-electron chi connectivity index (χ0n) is 11.4. The summed E-state index contributed by atoms with van der Waals surface area (Å²) in [7, 11) is 4.19. The van der Waals surface area contributed by atoms with Gasteiger partial charge in [-0.1, -0.05) is 0 Å². The molecular weight excluding hydrogens is 214 g/mol. The minimum Gasteiger partial charge on any atom is -0.394 e. The van der Waals surface area contributed by atoms with Crippen LogP contribution in [0.4, 0.5) is 0 Å². The predicted molar refractivity (Wildman–Crippen MR) is 70.1 cm³/mol. The van der Waals surface area contributed by atoms with Gasteiger partial charge in [-0.3, -0.25) is 4.90 Å². The van der Waals surface area contributed by atoms with E-state index in [2.05, 4.69) is 29.1 Å². The lowest BCUT2D eigenvalue weighted by Crippen LogP contribution is -2.60. The second-order valence-electron chi connectivity index (χ2n) is 5.90. The number of likely N-dealkylation sites (N-methyl/N-ethyl adjacent to an activating group) is 2. The van der Waals surface area contributed by atoms with Crippen LogP contribution >= 0.6 is 0 Å². The van der Waals surface area contributed by atoms with Gasteiger partial charge in [-0.15, -0.1) is 0 Å². The van der Waals surface area contributed by atoms with Crippen LogP contribution in [0.1, 0.15) is 19.8 Å². The van der Waals surface area contributed by atoms with Gasteiger partial charge in [0.25, 0.3) is 0 Å². The van der Waals surface area contributed by atoms with Gasteiger partial charge in [0.1, 0.15) is 0 Å². The van der Waals surface area contributed by atoms with Crippen LogP contribution in [0, 0.1) is 5.92 Å². The van der Waals surface area contributed by atoms with Crippen LogP contribution in [-0.4, -0.2) is 73.4 Å². The molecule has 0 radical (unpaired) electrons. The van der Waals surface area contributed by atoms with Crippen molar-refractivity contribution < 1.29 is 5.11 Å². The van der Waals surface area contributed by atoms with E-state index in [0.29, 0.717) is 12.0 Å². The van der Waals surface area contributed by atoms with Crippen molar-refractivity contribution in [2.75, 3.05) is 46.9 Å². The molecule has 0 aromatic carbocycles. The van der Waals surface area contributed by atoms with Gasteiger partial charge in [0.05, 0.1) is 12.1 Å². The van der Waals surface area contributed by atoms with Crippen LogP contribution < -0.4 is 5.32 Å². The SMILES string of the molecule is CNC(CO)(CN1CCN(C)C(C)C1)C1CC1. The van der Waals surface area contributed by atoms with Crippen LogP contribution in [-0.2, 0) is 0 Å². The van der Waals surface area contributed by atoms with E-state index in [1.165, 1.54) is 12.8 Å². The van der Waals surface area contributed by atoms with Crippen molar-refractivity contribution >= 4 is 0 Å². The minimum atomic E-state index is -0.0599. The number of hydrogen-bond acceptors (Lipinski definition) is 4. The van der Waals surface area contributed by atoms with E-state index in [4.69, 9.17) is 0 Å². The molecule has 0 aromatic heterocycles. The molecule has 1 aliphatic carbocycles. The van der Waals surface area contributed by atoms with Gasteiger partial charge >= 0.3 is 0 Å². The van der Waals surface area contributed by atoms with Crippen molar-refractivity contribution in [3.05, 3.63) is 0 Å². The molecule has 2 N–H and O–H groups in total. The summed E-state index contributed by atoms with van der Waals surface area (Å²) >= 11 is 0. The lowest BCUT2D eigenvalue weighted by molar-refractivity contribution is 0.0500. The van der Waals surface area contributed by atoms with E-state index in [1.807, 2.05) is 7.05 Å². The van der Waals surface area contributed by atoms with E-state index in [9.17, 15) is 5.11 Å². The number of piperazine rings is 1. The van der Waals surface area contributed by atoms with E-state index < -0.39 is 0 Å². The molecule has 1 saturated carbocycles. The number of aliphatic hydroxyl groups is 1. The van der Waals surface area contributed by atoms with Crippen molar-refractivity contribution in [1.29, 1.82) is 0 Å². The highest BCUT2D eigenvalue weighted by molar-refractivity contribution is 5.02. The lowest BCUT2D eigenvalue weighted by Gasteiger charge is -2.43. The highest BCUT2D eigenvalue weighted by Gasteiger charge is 2.45. The Balaban J connectivity index is 1.94. The Morgan fingerprint density at radius 3 is 2.53 bits per heavy atom. The van der Waals surface area contributed by atoms with Gasteiger partial charge in [-0.2, -0.15) is 0 Å². The van der Waals surface area contributed by atoms with Crippen LogP contribution in [0.3, 0.4) is 0 Å². The van der Waals surface area contributed by atoms with Gasteiger partial charge in [0.15, 0.2) is 0 Å². The Morgan fingerprint density at radius 1 is 1.35 bits per heavy atom. The molecule has 2 unspecified atom stereocenters. The van der Waals surface area contributed by atoms with Gasteiger partial charge in [0, 0.05) is 32.2 Å². The summed E-state index contributed by atoms with van der Waals surface area (Å²) in [5.74, 6) is 0.674. The largest absolute Gasteiger partial charge is 0.394 e. The average molecular weight is 241 g/mol. The Kier molecular flexibility index (Phi) is 4.08. The normalized spacial score (nSPS) is 31.4. The standard InChI is InChI=1S/C13H27N3O/c1-11-8-16(7-6-15(11)3)9-13(10-17,14-2)12-4-5-12/h11-12,14,17H,4-10H2,1-3H3. The summed E-state index contributed by atoms with van der Waals surface area (Å²) < 4.78 is 0. The van der Waals surface area contributed by atoms with Crippen LogP contribution in [0.15, 0.2) is 0 Å². The fourth-order valence-electron chi connectivity index (χ4n) is 2.97. The zero-order valence-corrected chi connectivity index (χ0v) is 11.4. The molecule has 1 saturated heterocycles. The third-order valence-corrected chi connectivity index (χ3v) is 4.69. The summed E-state index contributed by atoms with van der Waals surface area (Å²) in [5, 5.41) is 13.1. The average Bonchev–Trinajstić information content (AvgIpc) is 3.15. The molecule has 1 heterocycles. The van der Waals surface area contributed by atoms with Crippen LogP contribution in [0.2, 0.25) is 0 Å². The van der Waals surface area contributed by atoms with Crippen molar-refractivity contribution in [3.63, 3.8) is 0 Å². The Morgan fingerprint density at radius 2 is 2.06 bits per heavy atom. The first-order chi connectivity index (χ1) is 8.11. The van der Waals surface area contributed by atoms with Crippen LogP contribution in [0.25, 0.3) is 0 Å². The highest BCUT2D eigenvalue weighted by Crippen LogP contribution is 2.40. The van der Waals surface area contributed by atoms with Crippen molar-refractivity contribution in [1.82, 2.24) is 15.1 Å². The first kappa shape index (κ1) is 13.3. The number of nitrogens with zero attached hydrogens (tertiary/aromatic N) is 2. The van der Waals surface area contributed by atoms with Gasteiger partial charge in [-0.25, -0.2) is 0 Å². The topological polar surface area (TPSA) is 38.7 Å². The Labute approximate surface area is 105 Å². The monoisotopic (exact) mass is 241 g/mol. The Bertz CT molecular complexity index is 251. The maximum atomic E-state index is 9.74. The zero-order chi connectivity index (χ0) is 12.5. The van der Waals surface area contributed by atoms with Crippen molar-refractivity contribution in [2.45, 2.75) is 31.3 Å². The molecule has 0 amide bonds. The van der Waals surface area contributed by atoms with Crippen molar-refractivity contribution in [3.8, 4) is 0 Å². The van der Waals surface area contributed by atoms with Gasteiger partial charge < -0.3 is 15.3 Å². The molecule has 0 spiro atoms. The molecule has 2 fully saturated rings. The van der Waals surface area contributed by atoms with Gasteiger partial charge in [-0.05, 0) is 39.8 Å². The highest BCUT2D eigenvalue weighted by atomic mass is 16.3. The van der Waals surface area contributed by atoms with E-state index in [-0.39, 0.29) is 12.1 Å². The number of nitrogens with one attached hydrogen (secondary N) is 1. The minimum absolute atomic E-state index is 0.0599. The maximum absolute atomic E-state index is 9.74. The molecule has 0 bridgehead atoms.